The van der Waals surface area contributed by atoms with Gasteiger partial charge in [-0.25, -0.2) is 4.98 Å². The van der Waals surface area contributed by atoms with E-state index in [1.807, 2.05) is 0 Å². The van der Waals surface area contributed by atoms with Crippen LogP contribution in [0.3, 0.4) is 0 Å². The van der Waals surface area contributed by atoms with Gasteiger partial charge in [-0.3, -0.25) is 4.99 Å². The SMILES string of the molecule is CN=C(NCCOc1ncc(C(F)(F)F)cc1Cl)N1CCC(COCCOC)C1. The van der Waals surface area contributed by atoms with E-state index in [0.717, 1.165) is 31.5 Å². The molecule has 164 valence electrons. The number of likely N-dealkylation sites (tertiary alicyclic amines) is 1. The minimum atomic E-state index is -4.49. The Balaban J connectivity index is 1.73. The van der Waals surface area contributed by atoms with Crippen LogP contribution in [0.4, 0.5) is 13.2 Å². The van der Waals surface area contributed by atoms with Crippen molar-refractivity contribution in [2.45, 2.75) is 12.6 Å². The molecule has 0 aliphatic carbocycles. The molecular formula is C18H26ClF3N4O3. The zero-order valence-corrected chi connectivity index (χ0v) is 17.2. The molecular weight excluding hydrogens is 413 g/mol. The second kappa shape index (κ2) is 11.4. The zero-order chi connectivity index (χ0) is 21.3. The van der Waals surface area contributed by atoms with Crippen LogP contribution in [-0.4, -0.2) is 76.1 Å². The predicted molar refractivity (Wildman–Crippen MR) is 103 cm³/mol. The maximum absolute atomic E-state index is 12.6. The van der Waals surface area contributed by atoms with Gasteiger partial charge in [0.2, 0.25) is 5.88 Å². The summed E-state index contributed by atoms with van der Waals surface area (Å²) in [5.74, 6) is 1.13. The van der Waals surface area contributed by atoms with E-state index in [1.54, 1.807) is 14.2 Å². The van der Waals surface area contributed by atoms with Crippen LogP contribution in [0.15, 0.2) is 17.3 Å². The molecule has 1 saturated heterocycles. The third-order valence-corrected chi connectivity index (χ3v) is 4.61. The second-order valence-corrected chi connectivity index (χ2v) is 6.91. The lowest BCUT2D eigenvalue weighted by Crippen LogP contribution is -2.41. The number of nitrogens with zero attached hydrogens (tertiary/aromatic N) is 3. The quantitative estimate of drug-likeness (QED) is 0.363. The fraction of sp³-hybridized carbons (Fsp3) is 0.667. The minimum absolute atomic E-state index is 0.0362. The normalized spacial score (nSPS) is 17.7. The van der Waals surface area contributed by atoms with Crippen molar-refractivity contribution in [3.63, 3.8) is 0 Å². The molecule has 1 atom stereocenters. The lowest BCUT2D eigenvalue weighted by molar-refractivity contribution is -0.137. The highest BCUT2D eigenvalue weighted by Crippen LogP contribution is 2.33. The molecule has 1 unspecified atom stereocenters. The van der Waals surface area contributed by atoms with Crippen LogP contribution in [0, 0.1) is 5.92 Å². The first-order chi connectivity index (χ1) is 13.8. The largest absolute Gasteiger partial charge is 0.475 e. The van der Waals surface area contributed by atoms with Crippen LogP contribution < -0.4 is 10.1 Å². The number of hydrogen-bond donors (Lipinski definition) is 1. The fourth-order valence-electron chi connectivity index (χ4n) is 2.88. The summed E-state index contributed by atoms with van der Waals surface area (Å²) in [6, 6.07) is 0.801. The number of guanidine groups is 1. The van der Waals surface area contributed by atoms with Crippen molar-refractivity contribution in [2.75, 3.05) is 60.2 Å². The first-order valence-electron chi connectivity index (χ1n) is 9.23. The average molecular weight is 439 g/mol. The van der Waals surface area contributed by atoms with E-state index in [9.17, 15) is 13.2 Å². The van der Waals surface area contributed by atoms with Gasteiger partial charge in [-0.2, -0.15) is 13.2 Å². The lowest BCUT2D eigenvalue weighted by atomic mass is 10.1. The fourth-order valence-corrected chi connectivity index (χ4v) is 3.10. The Morgan fingerprint density at radius 2 is 2.17 bits per heavy atom. The van der Waals surface area contributed by atoms with Crippen molar-refractivity contribution < 1.29 is 27.4 Å². The summed E-state index contributed by atoms with van der Waals surface area (Å²) in [7, 11) is 3.33. The van der Waals surface area contributed by atoms with Crippen molar-refractivity contribution in [2.24, 2.45) is 10.9 Å². The van der Waals surface area contributed by atoms with Crippen LogP contribution in [0.25, 0.3) is 0 Å². The Hall–Kier alpha value is -1.78. The van der Waals surface area contributed by atoms with Crippen LogP contribution >= 0.6 is 11.6 Å². The molecule has 0 amide bonds. The van der Waals surface area contributed by atoms with E-state index in [4.69, 9.17) is 25.8 Å². The number of aromatic nitrogens is 1. The average Bonchev–Trinajstić information content (AvgIpc) is 3.14. The molecule has 1 aromatic heterocycles. The molecule has 0 aromatic carbocycles. The Bertz CT molecular complexity index is 676. The highest BCUT2D eigenvalue weighted by molar-refractivity contribution is 6.31. The van der Waals surface area contributed by atoms with Gasteiger partial charge < -0.3 is 24.4 Å². The first kappa shape index (κ1) is 23.5. The van der Waals surface area contributed by atoms with Crippen molar-refractivity contribution in [1.82, 2.24) is 15.2 Å². The third kappa shape index (κ3) is 7.52. The molecule has 1 fully saturated rings. The molecule has 0 spiro atoms. The van der Waals surface area contributed by atoms with Crippen molar-refractivity contribution in [1.29, 1.82) is 0 Å². The van der Waals surface area contributed by atoms with E-state index in [0.29, 0.717) is 38.5 Å². The van der Waals surface area contributed by atoms with Crippen molar-refractivity contribution in [3.05, 3.63) is 22.8 Å². The topological polar surface area (TPSA) is 68.2 Å². The molecule has 0 radical (unpaired) electrons. The number of aliphatic imine (C=N–C) groups is 1. The minimum Gasteiger partial charge on any atom is -0.475 e. The molecule has 1 aromatic rings. The number of hydrogen-bond acceptors (Lipinski definition) is 5. The van der Waals surface area contributed by atoms with Gasteiger partial charge in [0.05, 0.1) is 31.9 Å². The number of methoxy groups -OCH3 is 1. The van der Waals surface area contributed by atoms with E-state index in [1.165, 1.54) is 0 Å². The molecule has 2 heterocycles. The van der Waals surface area contributed by atoms with Crippen LogP contribution in [0.1, 0.15) is 12.0 Å². The van der Waals surface area contributed by atoms with E-state index < -0.39 is 11.7 Å². The summed E-state index contributed by atoms with van der Waals surface area (Å²) in [4.78, 5) is 10.0. The van der Waals surface area contributed by atoms with E-state index >= 15 is 0 Å². The maximum Gasteiger partial charge on any atom is 0.417 e. The van der Waals surface area contributed by atoms with Gasteiger partial charge in [-0.1, -0.05) is 11.6 Å². The van der Waals surface area contributed by atoms with Crippen molar-refractivity contribution >= 4 is 17.6 Å². The summed E-state index contributed by atoms with van der Waals surface area (Å²) in [5.41, 5.74) is -0.914. The standard InChI is InChI=1S/C18H26ClF3N4O3/c1-23-17(26-5-3-13(11-26)12-28-8-7-27-2)24-4-6-29-16-15(19)9-14(10-25-16)18(20,21)22/h9-10,13H,3-8,11-12H2,1-2H3,(H,23,24). The van der Waals surface area contributed by atoms with Crippen LogP contribution in [0.5, 0.6) is 5.88 Å². The molecule has 1 N–H and O–H groups in total. The number of alkyl halides is 3. The maximum atomic E-state index is 12.6. The van der Waals surface area contributed by atoms with Gasteiger partial charge in [-0.15, -0.1) is 0 Å². The Morgan fingerprint density at radius 1 is 1.38 bits per heavy atom. The number of pyridine rings is 1. The van der Waals surface area contributed by atoms with E-state index in [-0.39, 0.29) is 17.5 Å². The molecule has 2 rings (SSSR count). The summed E-state index contributed by atoms with van der Waals surface area (Å²) >= 11 is 5.83. The summed E-state index contributed by atoms with van der Waals surface area (Å²) < 4.78 is 53.8. The lowest BCUT2D eigenvalue weighted by Gasteiger charge is -2.21. The number of ether oxygens (including phenoxy) is 3. The van der Waals surface area contributed by atoms with Crippen LogP contribution in [0.2, 0.25) is 5.02 Å². The molecule has 29 heavy (non-hydrogen) atoms. The van der Waals surface area contributed by atoms with Gasteiger partial charge in [0.25, 0.3) is 0 Å². The van der Waals surface area contributed by atoms with Gasteiger partial charge in [0.1, 0.15) is 11.6 Å². The zero-order valence-electron chi connectivity index (χ0n) is 16.5. The molecule has 11 heteroatoms. The molecule has 0 saturated carbocycles. The smallest absolute Gasteiger partial charge is 0.417 e. The molecule has 7 nitrogen and oxygen atoms in total. The highest BCUT2D eigenvalue weighted by atomic mass is 35.5. The molecule has 1 aliphatic rings. The van der Waals surface area contributed by atoms with Gasteiger partial charge in [0.15, 0.2) is 5.96 Å². The van der Waals surface area contributed by atoms with E-state index in [2.05, 4.69) is 20.2 Å². The summed E-state index contributed by atoms with van der Waals surface area (Å²) in [6.45, 7) is 4.12. The van der Waals surface area contributed by atoms with Crippen molar-refractivity contribution in [3.8, 4) is 5.88 Å². The number of nitrogens with one attached hydrogen (secondary N) is 1. The van der Waals surface area contributed by atoms with Gasteiger partial charge in [0, 0.05) is 39.4 Å². The van der Waals surface area contributed by atoms with Gasteiger partial charge >= 0.3 is 6.18 Å². The second-order valence-electron chi connectivity index (χ2n) is 6.50. The molecule has 0 bridgehead atoms. The summed E-state index contributed by atoms with van der Waals surface area (Å²) in [5, 5.41) is 2.99. The first-order valence-corrected chi connectivity index (χ1v) is 9.60. The monoisotopic (exact) mass is 438 g/mol. The van der Waals surface area contributed by atoms with Crippen LogP contribution in [-0.2, 0) is 15.7 Å². The Morgan fingerprint density at radius 3 is 2.83 bits per heavy atom. The predicted octanol–water partition coefficient (Wildman–Crippen LogP) is 2.69. The number of rotatable bonds is 9. The highest BCUT2D eigenvalue weighted by Gasteiger charge is 2.31. The molecule has 1 aliphatic heterocycles. The summed E-state index contributed by atoms with van der Waals surface area (Å²) in [6.07, 6.45) is -2.78. The third-order valence-electron chi connectivity index (χ3n) is 4.34. The number of halogens is 4. The Kier molecular flexibility index (Phi) is 9.25. The van der Waals surface area contributed by atoms with Gasteiger partial charge in [-0.05, 0) is 12.5 Å². The Labute approximate surface area is 173 Å².